The van der Waals surface area contributed by atoms with E-state index in [0.29, 0.717) is 9.80 Å². The number of alkyl halides is 3. The van der Waals surface area contributed by atoms with Gasteiger partial charge < -0.3 is 19.8 Å². The highest BCUT2D eigenvalue weighted by Gasteiger charge is 2.44. The van der Waals surface area contributed by atoms with E-state index in [1.54, 1.807) is 4.72 Å². The summed E-state index contributed by atoms with van der Waals surface area (Å²) in [6.45, 7) is 2.08. The summed E-state index contributed by atoms with van der Waals surface area (Å²) in [5.74, 6) is -3.34. The number of ether oxygens (including phenoxy) is 1. The van der Waals surface area contributed by atoms with E-state index in [9.17, 15) is 46.2 Å². The number of anilines is 2. The predicted molar refractivity (Wildman–Crippen MR) is 119 cm³/mol. The molecule has 3 rings (SSSR count). The number of nitrogens with one attached hydrogen (secondary N) is 1. The monoisotopic (exact) mass is 556 g/mol. The third-order valence-corrected chi connectivity index (χ3v) is 6.76. The Morgan fingerprint density at radius 2 is 1.89 bits per heavy atom. The van der Waals surface area contributed by atoms with E-state index in [0.717, 1.165) is 6.07 Å². The van der Waals surface area contributed by atoms with Crippen LogP contribution in [0.1, 0.15) is 32.8 Å². The van der Waals surface area contributed by atoms with Gasteiger partial charge in [0.05, 0.1) is 18.2 Å². The lowest BCUT2D eigenvalue weighted by Gasteiger charge is -2.31. The number of carboxylic acid groups (broad SMARTS) is 1. The lowest BCUT2D eigenvalue weighted by atomic mass is 10.1. The van der Waals surface area contributed by atoms with Crippen molar-refractivity contribution < 1.29 is 55.3 Å². The van der Waals surface area contributed by atoms with E-state index in [2.05, 4.69) is 0 Å². The summed E-state index contributed by atoms with van der Waals surface area (Å²) in [5.41, 5.74) is -2.76. The molecule has 1 aromatic carbocycles. The highest BCUT2D eigenvalue weighted by Crippen LogP contribution is 2.44. The Morgan fingerprint density at radius 1 is 1.27 bits per heavy atom. The summed E-state index contributed by atoms with van der Waals surface area (Å²) in [5, 5.41) is 20.1. The second-order valence-electron chi connectivity index (χ2n) is 9.39. The van der Waals surface area contributed by atoms with Crippen molar-refractivity contribution in [3.63, 3.8) is 0 Å². The molecule has 2 aliphatic rings. The number of rotatable bonds is 5. The molecule has 37 heavy (non-hydrogen) atoms. The fourth-order valence-corrected chi connectivity index (χ4v) is 5.14. The minimum atomic E-state index is -4.65. The summed E-state index contributed by atoms with van der Waals surface area (Å²) in [6.07, 6.45) is -9.38. The first-order valence-corrected chi connectivity index (χ1v) is 12.2. The van der Waals surface area contributed by atoms with Crippen LogP contribution in [0.2, 0.25) is 0 Å². The SMILES string of the molecule is CC(C)(C)OC(=O)N(CCC(F)(F)F)C[C@H]1Cc2c(cc(O)c(N3CC(=O)NS3(=O)=O)c2F)N1C(=O)O. The van der Waals surface area contributed by atoms with Crippen molar-refractivity contribution >= 4 is 39.7 Å². The zero-order valence-corrected chi connectivity index (χ0v) is 20.6. The summed E-state index contributed by atoms with van der Waals surface area (Å²) in [4.78, 5) is 37.4. The Kier molecular flexibility index (Phi) is 7.15. The number of carbonyl (C=O) groups is 3. The minimum Gasteiger partial charge on any atom is -0.506 e. The highest BCUT2D eigenvalue weighted by molar-refractivity contribution is 7.92. The van der Waals surface area contributed by atoms with Gasteiger partial charge in [0.15, 0.2) is 5.82 Å². The van der Waals surface area contributed by atoms with Gasteiger partial charge >= 0.3 is 28.6 Å². The first-order valence-electron chi connectivity index (χ1n) is 10.7. The molecule has 0 bridgehead atoms. The topological polar surface area (TPSA) is 157 Å². The summed E-state index contributed by atoms with van der Waals surface area (Å²) < 4.78 is 85.5. The van der Waals surface area contributed by atoms with Crippen molar-refractivity contribution in [1.82, 2.24) is 9.62 Å². The first-order chi connectivity index (χ1) is 16.8. The van der Waals surface area contributed by atoms with Gasteiger partial charge in [-0.15, -0.1) is 0 Å². The Morgan fingerprint density at radius 3 is 2.38 bits per heavy atom. The fraction of sp³-hybridized carbons (Fsp3) is 0.550. The van der Waals surface area contributed by atoms with Crippen LogP contribution in [0.15, 0.2) is 6.07 Å². The van der Waals surface area contributed by atoms with Gasteiger partial charge in [-0.25, -0.2) is 23.0 Å². The van der Waals surface area contributed by atoms with E-state index in [-0.39, 0.29) is 9.87 Å². The minimum absolute atomic E-state index is 0.273. The third-order valence-electron chi connectivity index (χ3n) is 5.39. The molecule has 1 saturated heterocycles. The number of carbonyl (C=O) groups excluding carboxylic acids is 2. The van der Waals surface area contributed by atoms with Crippen LogP contribution in [0, 0.1) is 5.82 Å². The number of benzene rings is 1. The molecule has 206 valence electrons. The molecule has 0 aromatic heterocycles. The summed E-state index contributed by atoms with van der Waals surface area (Å²) in [7, 11) is -4.54. The summed E-state index contributed by atoms with van der Waals surface area (Å²) >= 11 is 0. The van der Waals surface area contributed by atoms with Crippen LogP contribution in [0.25, 0.3) is 0 Å². The van der Waals surface area contributed by atoms with E-state index in [1.165, 1.54) is 20.8 Å². The van der Waals surface area contributed by atoms with E-state index in [4.69, 9.17) is 4.74 Å². The normalized spacial score (nSPS) is 19.0. The van der Waals surface area contributed by atoms with Crippen molar-refractivity contribution in [2.75, 3.05) is 28.8 Å². The van der Waals surface area contributed by atoms with Crippen LogP contribution in [0.3, 0.4) is 0 Å². The number of phenolic OH excluding ortho intramolecular Hbond substituents is 1. The number of hydrogen-bond acceptors (Lipinski definition) is 7. The van der Waals surface area contributed by atoms with Crippen molar-refractivity contribution in [2.24, 2.45) is 0 Å². The van der Waals surface area contributed by atoms with Gasteiger partial charge in [-0.3, -0.25) is 9.69 Å². The number of halogens is 4. The van der Waals surface area contributed by atoms with Gasteiger partial charge in [0, 0.05) is 31.1 Å². The molecular weight excluding hydrogens is 532 g/mol. The van der Waals surface area contributed by atoms with Crippen LogP contribution in [-0.4, -0.2) is 79.1 Å². The van der Waals surface area contributed by atoms with Crippen LogP contribution < -0.4 is 13.9 Å². The average Bonchev–Trinajstić information content (AvgIpc) is 3.18. The van der Waals surface area contributed by atoms with Gasteiger partial charge in [-0.1, -0.05) is 0 Å². The quantitative estimate of drug-likeness (QED) is 0.467. The molecule has 0 aliphatic carbocycles. The van der Waals surface area contributed by atoms with E-state index < -0.39 is 102 Å². The maximum Gasteiger partial charge on any atom is 0.412 e. The standard InChI is InChI=1S/C20H24F4N4O8S/c1-19(2,3)36-18(33)26(5-4-20(22,23)24)8-10-6-11-12(28(10)17(31)32)7-13(29)16(15(11)21)27-9-14(30)25-37(27,34)35/h7,10,29H,4-6,8-9H2,1-3H3,(H,25,30)(H,31,32)/t10-/m1/s1. The third kappa shape index (κ3) is 6.08. The highest BCUT2D eigenvalue weighted by atomic mass is 32.2. The fourth-order valence-electron chi connectivity index (χ4n) is 3.97. The maximum absolute atomic E-state index is 15.5. The van der Waals surface area contributed by atoms with Gasteiger partial charge in [0.25, 0.3) is 5.91 Å². The Balaban J connectivity index is 1.99. The number of nitrogens with zero attached hydrogens (tertiary/aromatic N) is 3. The zero-order chi connectivity index (χ0) is 28.1. The zero-order valence-electron chi connectivity index (χ0n) is 19.8. The van der Waals surface area contributed by atoms with Crippen molar-refractivity contribution in [2.45, 2.75) is 51.4 Å². The number of hydrogen-bond donors (Lipinski definition) is 3. The van der Waals surface area contributed by atoms with E-state index in [1.807, 2.05) is 0 Å². The molecule has 12 nitrogen and oxygen atoms in total. The Bertz CT molecular complexity index is 1230. The number of aromatic hydroxyl groups is 1. The lowest BCUT2D eigenvalue weighted by Crippen LogP contribution is -2.48. The van der Waals surface area contributed by atoms with E-state index >= 15 is 4.39 Å². The van der Waals surface area contributed by atoms with Crippen LogP contribution >= 0.6 is 0 Å². The Hall–Kier alpha value is -3.50. The van der Waals surface area contributed by atoms with Crippen molar-refractivity contribution in [1.29, 1.82) is 0 Å². The van der Waals surface area contributed by atoms with Gasteiger partial charge in [-0.2, -0.15) is 21.6 Å². The van der Waals surface area contributed by atoms with Gasteiger partial charge in [-0.05, 0) is 20.8 Å². The number of amides is 3. The second kappa shape index (κ2) is 9.42. The molecule has 3 N–H and O–H groups in total. The predicted octanol–water partition coefficient (Wildman–Crippen LogP) is 2.31. The molecule has 1 atom stereocenters. The molecule has 0 radical (unpaired) electrons. The number of phenols is 1. The largest absolute Gasteiger partial charge is 0.506 e. The van der Waals surface area contributed by atoms with Gasteiger partial charge in [0.2, 0.25) is 0 Å². The molecular formula is C20H24F4N4O8S. The summed E-state index contributed by atoms with van der Waals surface area (Å²) in [6, 6.07) is -0.541. The molecule has 3 amide bonds. The molecule has 17 heteroatoms. The first kappa shape index (κ1) is 28.1. The van der Waals surface area contributed by atoms with Gasteiger partial charge in [0.1, 0.15) is 23.6 Å². The molecule has 2 heterocycles. The molecule has 0 spiro atoms. The van der Waals surface area contributed by atoms with Crippen molar-refractivity contribution in [3.8, 4) is 5.75 Å². The van der Waals surface area contributed by atoms with Crippen LogP contribution in [0.4, 0.5) is 38.5 Å². The van der Waals surface area contributed by atoms with Crippen LogP contribution in [-0.2, 0) is 26.2 Å². The molecule has 0 saturated carbocycles. The van der Waals surface area contributed by atoms with Crippen LogP contribution in [0.5, 0.6) is 5.75 Å². The maximum atomic E-state index is 15.5. The molecule has 2 aliphatic heterocycles. The molecule has 1 aromatic rings. The lowest BCUT2D eigenvalue weighted by molar-refractivity contribution is -0.137. The Labute approximate surface area is 208 Å². The van der Waals surface area contributed by atoms with Crippen molar-refractivity contribution in [3.05, 3.63) is 17.4 Å². The molecule has 1 fully saturated rings. The smallest absolute Gasteiger partial charge is 0.412 e. The second-order valence-corrected chi connectivity index (χ2v) is 11.0. The number of fused-ring (bicyclic) bond motifs is 1. The average molecular weight is 556 g/mol. The molecule has 0 unspecified atom stereocenters.